The summed E-state index contributed by atoms with van der Waals surface area (Å²) in [5.74, 6) is -2.10. The largest absolute Gasteiger partial charge is 0.478 e. The van der Waals surface area contributed by atoms with Gasteiger partial charge in [-0.2, -0.15) is 0 Å². The molecule has 1 aliphatic heterocycles. The molecule has 0 aromatic heterocycles. The Balaban J connectivity index is 1.37. The molecule has 4 rings (SSSR count). The van der Waals surface area contributed by atoms with Gasteiger partial charge in [-0.1, -0.05) is 30.3 Å². The van der Waals surface area contributed by atoms with E-state index < -0.39 is 17.1 Å². The number of carbonyl (C=O) groups is 4. The Bertz CT molecular complexity index is 1190. The number of amides is 3. The molecule has 1 atom stereocenters. The highest BCUT2D eigenvalue weighted by Crippen LogP contribution is 2.30. The summed E-state index contributed by atoms with van der Waals surface area (Å²) in [6.07, 6.45) is -0.00651. The number of carboxylic acid groups (broad SMARTS) is 1. The van der Waals surface area contributed by atoms with Crippen molar-refractivity contribution in [2.45, 2.75) is 11.7 Å². The van der Waals surface area contributed by atoms with E-state index in [2.05, 4.69) is 5.32 Å². The van der Waals surface area contributed by atoms with Gasteiger partial charge in [0.1, 0.15) is 0 Å². The highest BCUT2D eigenvalue weighted by Gasteiger charge is 2.40. The SMILES string of the molecule is O=C(CS[C@H]1CC(=O)N(c2ccc(C(=O)O)cc2)C1=O)Nc1ccc2ccccc2c1. The molecule has 3 aromatic rings. The van der Waals surface area contributed by atoms with Crippen molar-refractivity contribution in [2.24, 2.45) is 0 Å². The second-order valence-corrected chi connectivity index (χ2v) is 8.22. The van der Waals surface area contributed by atoms with E-state index in [1.165, 1.54) is 24.3 Å². The number of imide groups is 1. The summed E-state index contributed by atoms with van der Waals surface area (Å²) in [5.41, 5.74) is 1.06. The molecule has 1 fully saturated rings. The molecule has 0 saturated carbocycles. The maximum absolute atomic E-state index is 12.7. The topological polar surface area (TPSA) is 104 Å². The number of fused-ring (bicyclic) bond motifs is 1. The van der Waals surface area contributed by atoms with Crippen LogP contribution >= 0.6 is 11.8 Å². The van der Waals surface area contributed by atoms with E-state index in [9.17, 15) is 19.2 Å². The van der Waals surface area contributed by atoms with Crippen molar-refractivity contribution in [3.63, 3.8) is 0 Å². The van der Waals surface area contributed by atoms with E-state index in [-0.39, 0.29) is 29.6 Å². The molecule has 0 aliphatic carbocycles. The van der Waals surface area contributed by atoms with Crippen molar-refractivity contribution >= 4 is 57.6 Å². The number of hydrogen-bond acceptors (Lipinski definition) is 5. The Morgan fingerprint density at radius 1 is 1.00 bits per heavy atom. The van der Waals surface area contributed by atoms with Gasteiger partial charge >= 0.3 is 5.97 Å². The van der Waals surface area contributed by atoms with E-state index >= 15 is 0 Å². The van der Waals surface area contributed by atoms with Crippen LogP contribution in [0.5, 0.6) is 0 Å². The van der Waals surface area contributed by atoms with Crippen LogP contribution < -0.4 is 10.2 Å². The van der Waals surface area contributed by atoms with Gasteiger partial charge in [0, 0.05) is 12.1 Å². The van der Waals surface area contributed by atoms with Crippen LogP contribution in [0.3, 0.4) is 0 Å². The first-order valence-corrected chi connectivity index (χ1v) is 10.6. The smallest absolute Gasteiger partial charge is 0.335 e. The number of carbonyl (C=O) groups excluding carboxylic acids is 3. The maximum atomic E-state index is 12.7. The van der Waals surface area contributed by atoms with Crippen molar-refractivity contribution in [2.75, 3.05) is 16.0 Å². The number of nitrogens with one attached hydrogen (secondary N) is 1. The standard InChI is InChI=1S/C23H18N2O5S/c26-20(24-17-8-5-14-3-1-2-4-16(14)11-17)13-31-19-12-21(27)25(22(19)28)18-9-6-15(7-10-18)23(29)30/h1-11,19H,12-13H2,(H,24,26)(H,29,30)/t19-/m0/s1. The van der Waals surface area contributed by atoms with Crippen LogP contribution in [-0.4, -0.2) is 39.8 Å². The fraction of sp³-hybridized carbons (Fsp3) is 0.130. The van der Waals surface area contributed by atoms with Crippen LogP contribution in [0.25, 0.3) is 10.8 Å². The number of thioether (sulfide) groups is 1. The minimum absolute atomic E-state index is 0.00651. The van der Waals surface area contributed by atoms with Crippen LogP contribution in [0.15, 0.2) is 66.7 Å². The third-order valence-corrected chi connectivity index (χ3v) is 6.13. The Labute approximate surface area is 182 Å². The third-order valence-electron chi connectivity index (χ3n) is 4.93. The maximum Gasteiger partial charge on any atom is 0.335 e. The van der Waals surface area contributed by atoms with Crippen molar-refractivity contribution in [3.05, 3.63) is 72.3 Å². The van der Waals surface area contributed by atoms with Crippen LogP contribution in [0, 0.1) is 0 Å². The molecular formula is C23H18N2O5S. The van der Waals surface area contributed by atoms with Crippen molar-refractivity contribution in [1.82, 2.24) is 0 Å². The Morgan fingerprint density at radius 3 is 2.42 bits per heavy atom. The van der Waals surface area contributed by atoms with Gasteiger partial charge in [-0.3, -0.25) is 14.4 Å². The van der Waals surface area contributed by atoms with Crippen LogP contribution in [-0.2, 0) is 14.4 Å². The molecule has 8 heteroatoms. The number of anilines is 2. The van der Waals surface area contributed by atoms with E-state index in [1.54, 1.807) is 0 Å². The van der Waals surface area contributed by atoms with E-state index in [4.69, 9.17) is 5.11 Å². The van der Waals surface area contributed by atoms with Gasteiger partial charge in [-0.15, -0.1) is 11.8 Å². The first-order chi connectivity index (χ1) is 14.9. The monoisotopic (exact) mass is 434 g/mol. The van der Waals surface area contributed by atoms with Gasteiger partial charge < -0.3 is 10.4 Å². The van der Waals surface area contributed by atoms with E-state index in [0.29, 0.717) is 11.4 Å². The normalized spacial score (nSPS) is 16.0. The highest BCUT2D eigenvalue weighted by molar-refractivity contribution is 8.01. The number of nitrogens with zero attached hydrogens (tertiary/aromatic N) is 1. The molecule has 0 spiro atoms. The summed E-state index contributed by atoms with van der Waals surface area (Å²) in [5, 5.41) is 13.2. The van der Waals surface area contributed by atoms with Crippen LogP contribution in [0.4, 0.5) is 11.4 Å². The zero-order chi connectivity index (χ0) is 22.0. The number of rotatable bonds is 6. The zero-order valence-electron chi connectivity index (χ0n) is 16.3. The van der Waals surface area contributed by atoms with E-state index in [1.807, 2.05) is 42.5 Å². The van der Waals surface area contributed by atoms with E-state index in [0.717, 1.165) is 27.4 Å². The van der Waals surface area contributed by atoms with Gasteiger partial charge in [0.2, 0.25) is 17.7 Å². The molecule has 1 aliphatic rings. The predicted octanol–water partition coefficient (Wildman–Crippen LogP) is 3.54. The summed E-state index contributed by atoms with van der Waals surface area (Å²) in [6, 6.07) is 19.0. The fourth-order valence-electron chi connectivity index (χ4n) is 3.40. The van der Waals surface area contributed by atoms with Crippen molar-refractivity contribution in [1.29, 1.82) is 0 Å². The Kier molecular flexibility index (Phi) is 5.73. The molecular weight excluding hydrogens is 416 g/mol. The van der Waals surface area contributed by atoms with Gasteiger partial charge in [0.15, 0.2) is 0 Å². The van der Waals surface area contributed by atoms with Gasteiger partial charge in [0.25, 0.3) is 0 Å². The Morgan fingerprint density at radius 2 is 1.71 bits per heavy atom. The molecule has 0 radical (unpaired) electrons. The number of aromatic carboxylic acids is 1. The average molecular weight is 434 g/mol. The van der Waals surface area contributed by atoms with Gasteiger partial charge in [-0.05, 0) is 47.2 Å². The second kappa shape index (κ2) is 8.61. The summed E-state index contributed by atoms with van der Waals surface area (Å²) < 4.78 is 0. The predicted molar refractivity (Wildman–Crippen MR) is 119 cm³/mol. The first kappa shape index (κ1) is 20.6. The van der Waals surface area contributed by atoms with Gasteiger partial charge in [0.05, 0.1) is 22.3 Å². The van der Waals surface area contributed by atoms with Crippen molar-refractivity contribution < 1.29 is 24.3 Å². The molecule has 1 heterocycles. The molecule has 1 saturated heterocycles. The Hall–Kier alpha value is -3.65. The molecule has 156 valence electrons. The van der Waals surface area contributed by atoms with Gasteiger partial charge in [-0.25, -0.2) is 9.69 Å². The number of carboxylic acids is 1. The third kappa shape index (κ3) is 4.44. The number of hydrogen-bond donors (Lipinski definition) is 2. The molecule has 7 nitrogen and oxygen atoms in total. The lowest BCUT2D eigenvalue weighted by molar-refractivity contribution is -0.121. The molecule has 0 unspecified atom stereocenters. The summed E-state index contributed by atoms with van der Waals surface area (Å²) in [6.45, 7) is 0. The lowest BCUT2D eigenvalue weighted by atomic mass is 10.1. The highest BCUT2D eigenvalue weighted by atomic mass is 32.2. The lowest BCUT2D eigenvalue weighted by Crippen LogP contribution is -2.31. The average Bonchev–Trinajstić information content (AvgIpc) is 3.05. The van der Waals surface area contributed by atoms with Crippen LogP contribution in [0.2, 0.25) is 0 Å². The quantitative estimate of drug-likeness (QED) is 0.575. The summed E-state index contributed by atoms with van der Waals surface area (Å²) in [4.78, 5) is 49.4. The molecule has 3 aromatic carbocycles. The molecule has 2 N–H and O–H groups in total. The first-order valence-electron chi connectivity index (χ1n) is 9.53. The lowest BCUT2D eigenvalue weighted by Gasteiger charge is -2.15. The summed E-state index contributed by atoms with van der Waals surface area (Å²) in [7, 11) is 0. The zero-order valence-corrected chi connectivity index (χ0v) is 17.1. The minimum Gasteiger partial charge on any atom is -0.478 e. The number of benzene rings is 3. The fourth-order valence-corrected chi connectivity index (χ4v) is 4.33. The minimum atomic E-state index is -1.09. The molecule has 31 heavy (non-hydrogen) atoms. The molecule has 0 bridgehead atoms. The van der Waals surface area contributed by atoms with Crippen LogP contribution in [0.1, 0.15) is 16.8 Å². The second-order valence-electron chi connectivity index (χ2n) is 7.03. The molecule has 3 amide bonds. The van der Waals surface area contributed by atoms with Crippen molar-refractivity contribution in [3.8, 4) is 0 Å². The summed E-state index contributed by atoms with van der Waals surface area (Å²) >= 11 is 1.12.